The van der Waals surface area contributed by atoms with Gasteiger partial charge in [-0.25, -0.2) is 0 Å². The molecule has 184 valence electrons. The molecule has 6 heteroatoms. The van der Waals surface area contributed by atoms with E-state index in [-0.39, 0.29) is 6.04 Å². The first kappa shape index (κ1) is 22.5. The van der Waals surface area contributed by atoms with E-state index in [4.69, 9.17) is 9.47 Å². The second-order valence-electron chi connectivity index (χ2n) is 10.4. The number of hydrogen-bond acceptors (Lipinski definition) is 5. The first-order chi connectivity index (χ1) is 17.2. The van der Waals surface area contributed by atoms with Crippen LogP contribution in [0.25, 0.3) is 0 Å². The average Bonchev–Trinajstić information content (AvgIpc) is 3.73. The molecule has 1 saturated carbocycles. The number of hydrogen-bond donors (Lipinski definition) is 0. The van der Waals surface area contributed by atoms with Gasteiger partial charge in [0.2, 0.25) is 11.8 Å². The fraction of sp³-hybridized carbons (Fsp3) is 0.483. The summed E-state index contributed by atoms with van der Waals surface area (Å²) in [6.45, 7) is 4.62. The van der Waals surface area contributed by atoms with Crippen molar-refractivity contribution in [1.29, 1.82) is 0 Å². The number of rotatable bonds is 6. The van der Waals surface area contributed by atoms with Crippen LogP contribution in [0.1, 0.15) is 44.1 Å². The third-order valence-corrected chi connectivity index (χ3v) is 7.85. The van der Waals surface area contributed by atoms with Crippen LogP contribution >= 0.6 is 0 Å². The van der Waals surface area contributed by atoms with Gasteiger partial charge in [0, 0.05) is 50.9 Å². The summed E-state index contributed by atoms with van der Waals surface area (Å²) in [6.07, 6.45) is 17.1. The lowest BCUT2D eigenvalue weighted by Gasteiger charge is -2.42. The van der Waals surface area contributed by atoms with E-state index in [1.807, 2.05) is 0 Å². The summed E-state index contributed by atoms with van der Waals surface area (Å²) in [4.78, 5) is 20.2. The van der Waals surface area contributed by atoms with Gasteiger partial charge in [0.15, 0.2) is 12.0 Å². The SMILES string of the molecule is O=C(CC1CC1)N1c2ccccc2CCC1CN1CCN(C2=COC(C3=CC=CCC3)=CO2)CC1. The Morgan fingerprint density at radius 1 is 0.971 bits per heavy atom. The molecule has 5 aliphatic rings. The fourth-order valence-corrected chi connectivity index (χ4v) is 5.62. The highest BCUT2D eigenvalue weighted by Gasteiger charge is 2.35. The van der Waals surface area contributed by atoms with Gasteiger partial charge in [0.25, 0.3) is 0 Å². The van der Waals surface area contributed by atoms with Gasteiger partial charge < -0.3 is 19.3 Å². The standard InChI is InChI=1S/C29H35N3O3/c33-28(18-22-10-11-22)32-25(13-12-23-6-4-5-9-26(23)32)19-30-14-16-31(17-15-30)29-21-34-27(20-35-29)24-7-2-1-3-8-24/h1-2,4-7,9,20-22,25H,3,8,10-19H2. The number of carbonyl (C=O) groups is 1. The van der Waals surface area contributed by atoms with Crippen molar-refractivity contribution in [3.63, 3.8) is 0 Å². The minimum absolute atomic E-state index is 0.250. The number of carbonyl (C=O) groups excluding carboxylic acids is 1. The smallest absolute Gasteiger partial charge is 0.231 e. The Hall–Kier alpha value is -2.99. The van der Waals surface area contributed by atoms with E-state index < -0.39 is 0 Å². The highest BCUT2D eigenvalue weighted by atomic mass is 16.6. The maximum Gasteiger partial charge on any atom is 0.231 e. The Labute approximate surface area is 208 Å². The number of allylic oxidation sites excluding steroid dienone is 4. The lowest BCUT2D eigenvalue weighted by molar-refractivity contribution is -0.119. The van der Waals surface area contributed by atoms with Crippen molar-refractivity contribution in [3.05, 3.63) is 77.8 Å². The molecule has 2 fully saturated rings. The van der Waals surface area contributed by atoms with Crippen LogP contribution in [0.2, 0.25) is 0 Å². The molecule has 1 unspecified atom stereocenters. The van der Waals surface area contributed by atoms with Crippen LogP contribution in [-0.4, -0.2) is 54.5 Å². The molecular weight excluding hydrogens is 438 g/mol. The third kappa shape index (κ3) is 5.03. The van der Waals surface area contributed by atoms with Gasteiger partial charge in [-0.2, -0.15) is 0 Å². The summed E-state index contributed by atoms with van der Waals surface area (Å²) in [7, 11) is 0. The highest BCUT2D eigenvalue weighted by molar-refractivity contribution is 5.95. The molecule has 2 aliphatic carbocycles. The fourth-order valence-electron chi connectivity index (χ4n) is 5.62. The number of piperazine rings is 1. The molecule has 3 heterocycles. The molecule has 35 heavy (non-hydrogen) atoms. The van der Waals surface area contributed by atoms with E-state index >= 15 is 0 Å². The zero-order valence-electron chi connectivity index (χ0n) is 20.4. The van der Waals surface area contributed by atoms with Crippen LogP contribution in [0.15, 0.2) is 72.2 Å². The largest absolute Gasteiger partial charge is 0.456 e. The lowest BCUT2D eigenvalue weighted by atomic mass is 9.94. The van der Waals surface area contributed by atoms with E-state index in [2.05, 4.69) is 57.2 Å². The molecule has 0 N–H and O–H groups in total. The van der Waals surface area contributed by atoms with Gasteiger partial charge in [-0.1, -0.05) is 36.4 Å². The zero-order chi connectivity index (χ0) is 23.6. The molecule has 6 nitrogen and oxygen atoms in total. The van der Waals surface area contributed by atoms with E-state index in [9.17, 15) is 4.79 Å². The number of fused-ring (bicyclic) bond motifs is 1. The van der Waals surface area contributed by atoms with Gasteiger partial charge in [-0.05, 0) is 61.6 Å². The highest BCUT2D eigenvalue weighted by Crippen LogP contribution is 2.37. The Morgan fingerprint density at radius 2 is 1.83 bits per heavy atom. The quantitative estimate of drug-likeness (QED) is 0.599. The molecule has 3 aliphatic heterocycles. The molecule has 0 spiro atoms. The number of ether oxygens (including phenoxy) is 2. The van der Waals surface area contributed by atoms with Crippen LogP contribution in [-0.2, 0) is 20.7 Å². The van der Waals surface area contributed by atoms with Crippen molar-refractivity contribution in [2.75, 3.05) is 37.6 Å². The van der Waals surface area contributed by atoms with Gasteiger partial charge >= 0.3 is 0 Å². The molecule has 0 aromatic heterocycles. The van der Waals surface area contributed by atoms with Crippen LogP contribution in [0.3, 0.4) is 0 Å². The molecule has 1 atom stereocenters. The van der Waals surface area contributed by atoms with E-state index in [1.54, 1.807) is 12.5 Å². The van der Waals surface area contributed by atoms with Crippen molar-refractivity contribution >= 4 is 11.6 Å². The van der Waals surface area contributed by atoms with Gasteiger partial charge in [0.05, 0.1) is 0 Å². The maximum atomic E-state index is 13.3. The Bertz CT molecular complexity index is 1080. The number of nitrogens with zero attached hydrogens (tertiary/aromatic N) is 3. The van der Waals surface area contributed by atoms with E-state index in [1.165, 1.54) is 24.0 Å². The minimum atomic E-state index is 0.250. The summed E-state index contributed by atoms with van der Waals surface area (Å²) < 4.78 is 11.9. The second kappa shape index (κ2) is 9.94. The normalized spacial score (nSPS) is 24.6. The first-order valence-corrected chi connectivity index (χ1v) is 13.2. The zero-order valence-corrected chi connectivity index (χ0v) is 20.4. The third-order valence-electron chi connectivity index (χ3n) is 7.85. The van der Waals surface area contributed by atoms with Crippen molar-refractivity contribution in [2.24, 2.45) is 5.92 Å². The first-order valence-electron chi connectivity index (χ1n) is 13.2. The predicted molar refractivity (Wildman–Crippen MR) is 136 cm³/mol. The Balaban J connectivity index is 1.05. The average molecular weight is 474 g/mol. The number of aryl methyl sites for hydroxylation is 1. The molecule has 0 radical (unpaired) electrons. The summed E-state index contributed by atoms with van der Waals surface area (Å²) in [5.41, 5.74) is 3.63. The minimum Gasteiger partial charge on any atom is -0.456 e. The number of amides is 1. The maximum absolute atomic E-state index is 13.3. The summed E-state index contributed by atoms with van der Waals surface area (Å²) in [6, 6.07) is 8.73. The monoisotopic (exact) mass is 473 g/mol. The second-order valence-corrected chi connectivity index (χ2v) is 10.4. The van der Waals surface area contributed by atoms with Crippen molar-refractivity contribution in [2.45, 2.75) is 51.0 Å². The molecule has 6 rings (SSSR count). The Morgan fingerprint density at radius 3 is 2.57 bits per heavy atom. The number of anilines is 1. The number of para-hydroxylation sites is 1. The molecular formula is C29H35N3O3. The molecule has 0 bridgehead atoms. The summed E-state index contributed by atoms with van der Waals surface area (Å²) in [5, 5.41) is 0. The summed E-state index contributed by atoms with van der Waals surface area (Å²) >= 11 is 0. The van der Waals surface area contributed by atoms with Crippen LogP contribution < -0.4 is 4.90 Å². The number of benzene rings is 1. The predicted octanol–water partition coefficient (Wildman–Crippen LogP) is 4.72. The molecule has 1 aromatic rings. The van der Waals surface area contributed by atoms with E-state index in [0.717, 1.165) is 75.7 Å². The Kier molecular flexibility index (Phi) is 6.38. The van der Waals surface area contributed by atoms with Crippen molar-refractivity contribution < 1.29 is 14.3 Å². The molecule has 1 amide bonds. The van der Waals surface area contributed by atoms with E-state index in [0.29, 0.717) is 18.2 Å². The topological polar surface area (TPSA) is 45.3 Å². The molecule has 1 saturated heterocycles. The van der Waals surface area contributed by atoms with Crippen molar-refractivity contribution in [1.82, 2.24) is 9.80 Å². The van der Waals surface area contributed by atoms with Gasteiger partial charge in [0.1, 0.15) is 6.26 Å². The molecule has 1 aromatic carbocycles. The van der Waals surface area contributed by atoms with Gasteiger partial charge in [-0.3, -0.25) is 9.69 Å². The van der Waals surface area contributed by atoms with Gasteiger partial charge in [-0.15, -0.1) is 0 Å². The van der Waals surface area contributed by atoms with Crippen LogP contribution in [0.5, 0.6) is 0 Å². The van der Waals surface area contributed by atoms with Crippen LogP contribution in [0.4, 0.5) is 5.69 Å². The van der Waals surface area contributed by atoms with Crippen molar-refractivity contribution in [3.8, 4) is 0 Å². The lowest BCUT2D eigenvalue weighted by Crippen LogP contribution is -2.54. The van der Waals surface area contributed by atoms with Crippen LogP contribution in [0, 0.1) is 5.92 Å². The summed E-state index contributed by atoms with van der Waals surface area (Å²) in [5.74, 6) is 2.51.